The van der Waals surface area contributed by atoms with E-state index in [4.69, 9.17) is 5.73 Å². The van der Waals surface area contributed by atoms with Gasteiger partial charge in [-0.2, -0.15) is 0 Å². The van der Waals surface area contributed by atoms with Crippen molar-refractivity contribution in [3.8, 4) is 0 Å². The molecule has 88 valence electrons. The standard InChI is InChI=1S/C14H15NOS/c1-8-4-5-17-14(8)13(16)11-7-12(15)10(3)6-9(11)2/h4-7H,15H2,1-3H3. The first-order valence-electron chi connectivity index (χ1n) is 5.46. The van der Waals surface area contributed by atoms with Crippen LogP contribution < -0.4 is 5.73 Å². The molecule has 2 aromatic rings. The van der Waals surface area contributed by atoms with Crippen LogP contribution in [0.25, 0.3) is 0 Å². The summed E-state index contributed by atoms with van der Waals surface area (Å²) in [4.78, 5) is 13.2. The molecule has 0 fully saturated rings. The third kappa shape index (κ3) is 2.11. The molecule has 0 saturated carbocycles. The van der Waals surface area contributed by atoms with Gasteiger partial charge in [-0.15, -0.1) is 11.3 Å². The summed E-state index contributed by atoms with van der Waals surface area (Å²) in [6, 6.07) is 5.71. The summed E-state index contributed by atoms with van der Waals surface area (Å²) < 4.78 is 0. The predicted octanol–water partition coefficient (Wildman–Crippen LogP) is 3.49. The minimum absolute atomic E-state index is 0.0710. The number of aryl methyl sites for hydroxylation is 3. The van der Waals surface area contributed by atoms with Gasteiger partial charge in [-0.3, -0.25) is 4.79 Å². The fraction of sp³-hybridized carbons (Fsp3) is 0.214. The molecule has 17 heavy (non-hydrogen) atoms. The van der Waals surface area contributed by atoms with Crippen LogP contribution >= 0.6 is 11.3 Å². The highest BCUT2D eigenvalue weighted by Crippen LogP contribution is 2.24. The van der Waals surface area contributed by atoms with Crippen molar-refractivity contribution in [2.75, 3.05) is 5.73 Å². The zero-order chi connectivity index (χ0) is 12.6. The number of carbonyl (C=O) groups excluding carboxylic acids is 1. The number of anilines is 1. The second-order valence-electron chi connectivity index (χ2n) is 4.29. The highest BCUT2D eigenvalue weighted by molar-refractivity contribution is 7.12. The van der Waals surface area contributed by atoms with Crippen molar-refractivity contribution >= 4 is 22.8 Å². The third-order valence-corrected chi connectivity index (χ3v) is 3.94. The molecule has 1 aromatic heterocycles. The van der Waals surface area contributed by atoms with Gasteiger partial charge in [-0.1, -0.05) is 6.07 Å². The fourth-order valence-electron chi connectivity index (χ4n) is 1.84. The number of benzene rings is 1. The Labute approximate surface area is 105 Å². The van der Waals surface area contributed by atoms with Gasteiger partial charge < -0.3 is 5.73 Å². The number of nitrogens with two attached hydrogens (primary N) is 1. The van der Waals surface area contributed by atoms with E-state index in [0.29, 0.717) is 11.3 Å². The molecule has 0 atom stereocenters. The molecule has 2 rings (SSSR count). The maximum absolute atomic E-state index is 12.4. The number of thiophene rings is 1. The van der Waals surface area contributed by atoms with E-state index in [9.17, 15) is 4.79 Å². The summed E-state index contributed by atoms with van der Waals surface area (Å²) in [5.41, 5.74) is 10.3. The van der Waals surface area contributed by atoms with Crippen molar-refractivity contribution in [2.45, 2.75) is 20.8 Å². The second kappa shape index (κ2) is 4.34. The molecule has 3 heteroatoms. The van der Waals surface area contributed by atoms with E-state index in [1.807, 2.05) is 38.3 Å². The quantitative estimate of drug-likeness (QED) is 0.650. The van der Waals surface area contributed by atoms with E-state index in [-0.39, 0.29) is 5.78 Å². The van der Waals surface area contributed by atoms with Crippen LogP contribution in [0.1, 0.15) is 31.9 Å². The fourth-order valence-corrected chi connectivity index (χ4v) is 2.72. The Morgan fingerprint density at radius 1 is 1.12 bits per heavy atom. The van der Waals surface area contributed by atoms with Crippen LogP contribution in [-0.4, -0.2) is 5.78 Å². The maximum atomic E-state index is 12.4. The molecule has 0 aliphatic rings. The molecule has 0 aliphatic heterocycles. The van der Waals surface area contributed by atoms with Gasteiger partial charge in [0.05, 0.1) is 4.88 Å². The zero-order valence-electron chi connectivity index (χ0n) is 10.2. The lowest BCUT2D eigenvalue weighted by Gasteiger charge is -2.08. The summed E-state index contributed by atoms with van der Waals surface area (Å²) in [6.07, 6.45) is 0. The molecule has 1 aromatic carbocycles. The van der Waals surface area contributed by atoms with Gasteiger partial charge in [0.1, 0.15) is 0 Å². The van der Waals surface area contributed by atoms with E-state index in [2.05, 4.69) is 0 Å². The minimum atomic E-state index is 0.0710. The van der Waals surface area contributed by atoms with Crippen LogP contribution in [-0.2, 0) is 0 Å². The molecular formula is C14H15NOS. The number of hydrogen-bond acceptors (Lipinski definition) is 3. The highest BCUT2D eigenvalue weighted by Gasteiger charge is 2.16. The second-order valence-corrected chi connectivity index (χ2v) is 5.20. The lowest BCUT2D eigenvalue weighted by atomic mass is 9.99. The maximum Gasteiger partial charge on any atom is 0.203 e. The summed E-state index contributed by atoms with van der Waals surface area (Å²) in [6.45, 7) is 5.85. The Kier molecular flexibility index (Phi) is 3.03. The lowest BCUT2D eigenvalue weighted by Crippen LogP contribution is -2.05. The first-order chi connectivity index (χ1) is 8.00. The molecule has 2 nitrogen and oxygen atoms in total. The molecule has 0 saturated heterocycles. The summed E-state index contributed by atoms with van der Waals surface area (Å²) >= 11 is 1.48. The van der Waals surface area contributed by atoms with E-state index < -0.39 is 0 Å². The SMILES string of the molecule is Cc1cc(C)c(C(=O)c2sccc2C)cc1N. The van der Waals surface area contributed by atoms with Gasteiger partial charge in [-0.05, 0) is 55.0 Å². The van der Waals surface area contributed by atoms with E-state index in [1.165, 1.54) is 11.3 Å². The number of ketones is 1. The normalized spacial score (nSPS) is 10.5. The Morgan fingerprint density at radius 3 is 2.41 bits per heavy atom. The van der Waals surface area contributed by atoms with Crippen molar-refractivity contribution in [3.05, 3.63) is 50.7 Å². The van der Waals surface area contributed by atoms with Gasteiger partial charge in [0.25, 0.3) is 0 Å². The number of nitrogen functional groups attached to an aromatic ring is 1. The van der Waals surface area contributed by atoms with Gasteiger partial charge in [0, 0.05) is 11.3 Å². The molecule has 1 heterocycles. The topological polar surface area (TPSA) is 43.1 Å². The summed E-state index contributed by atoms with van der Waals surface area (Å²) in [7, 11) is 0. The van der Waals surface area contributed by atoms with E-state index in [1.54, 1.807) is 6.07 Å². The number of hydrogen-bond donors (Lipinski definition) is 1. The molecule has 0 unspecified atom stereocenters. The Balaban J connectivity index is 2.52. The summed E-state index contributed by atoms with van der Waals surface area (Å²) in [5, 5.41) is 1.94. The minimum Gasteiger partial charge on any atom is -0.398 e. The smallest absolute Gasteiger partial charge is 0.203 e. The Bertz CT molecular complexity index is 584. The monoisotopic (exact) mass is 245 g/mol. The summed E-state index contributed by atoms with van der Waals surface area (Å²) in [5.74, 6) is 0.0710. The van der Waals surface area contributed by atoms with Crippen LogP contribution in [0.2, 0.25) is 0 Å². The van der Waals surface area contributed by atoms with Crippen LogP contribution in [0.15, 0.2) is 23.6 Å². The van der Waals surface area contributed by atoms with Crippen molar-refractivity contribution in [3.63, 3.8) is 0 Å². The molecule has 0 bridgehead atoms. The van der Waals surface area contributed by atoms with Gasteiger partial charge in [0.15, 0.2) is 0 Å². The van der Waals surface area contributed by atoms with Gasteiger partial charge in [0.2, 0.25) is 5.78 Å². The average molecular weight is 245 g/mol. The van der Waals surface area contributed by atoms with E-state index >= 15 is 0 Å². The zero-order valence-corrected chi connectivity index (χ0v) is 11.0. The van der Waals surface area contributed by atoms with Crippen LogP contribution in [0.5, 0.6) is 0 Å². The van der Waals surface area contributed by atoms with Crippen LogP contribution in [0.4, 0.5) is 5.69 Å². The average Bonchev–Trinajstić information content (AvgIpc) is 2.69. The van der Waals surface area contributed by atoms with Crippen molar-refractivity contribution in [1.82, 2.24) is 0 Å². The van der Waals surface area contributed by atoms with Crippen LogP contribution in [0, 0.1) is 20.8 Å². The number of carbonyl (C=O) groups is 1. The van der Waals surface area contributed by atoms with Crippen molar-refractivity contribution < 1.29 is 4.79 Å². The largest absolute Gasteiger partial charge is 0.398 e. The first kappa shape index (κ1) is 11.9. The third-order valence-electron chi connectivity index (χ3n) is 2.93. The molecule has 2 N–H and O–H groups in total. The van der Waals surface area contributed by atoms with E-state index in [0.717, 1.165) is 21.6 Å². The molecular weight excluding hydrogens is 230 g/mol. The molecule has 0 aliphatic carbocycles. The van der Waals surface area contributed by atoms with Gasteiger partial charge in [-0.25, -0.2) is 0 Å². The van der Waals surface area contributed by atoms with Gasteiger partial charge >= 0.3 is 0 Å². The first-order valence-corrected chi connectivity index (χ1v) is 6.34. The predicted molar refractivity (Wildman–Crippen MR) is 72.8 cm³/mol. The lowest BCUT2D eigenvalue weighted by molar-refractivity contribution is 0.104. The van der Waals surface area contributed by atoms with Crippen molar-refractivity contribution in [2.24, 2.45) is 0 Å². The van der Waals surface area contributed by atoms with Crippen molar-refractivity contribution in [1.29, 1.82) is 0 Å². The number of rotatable bonds is 2. The Morgan fingerprint density at radius 2 is 1.82 bits per heavy atom. The Hall–Kier alpha value is -1.61. The molecule has 0 amide bonds. The van der Waals surface area contributed by atoms with Crippen LogP contribution in [0.3, 0.4) is 0 Å². The molecule has 0 spiro atoms. The molecule has 0 radical (unpaired) electrons. The highest BCUT2D eigenvalue weighted by atomic mass is 32.1.